The lowest BCUT2D eigenvalue weighted by atomic mass is 10.1. The van der Waals surface area contributed by atoms with Crippen LogP contribution in [0.25, 0.3) is 0 Å². The van der Waals surface area contributed by atoms with Crippen molar-refractivity contribution in [1.29, 1.82) is 0 Å². The Morgan fingerprint density at radius 3 is 2.50 bits per heavy atom. The fourth-order valence-electron chi connectivity index (χ4n) is 1.58. The minimum absolute atomic E-state index is 0.113. The molecule has 0 aliphatic rings. The Morgan fingerprint density at radius 1 is 1.35 bits per heavy atom. The molecule has 0 aliphatic heterocycles. The third-order valence-electron chi connectivity index (χ3n) is 2.69. The number of nitrogens with zero attached hydrogens (tertiary/aromatic N) is 1. The number of hydrogen-bond acceptors (Lipinski definition) is 4. The van der Waals surface area contributed by atoms with Crippen LogP contribution in [0.3, 0.4) is 0 Å². The van der Waals surface area contributed by atoms with Crippen LogP contribution in [0.2, 0.25) is 5.02 Å². The maximum Gasteiger partial charge on any atom is 0.325 e. The van der Waals surface area contributed by atoms with Crippen LogP contribution in [0.4, 0.5) is 0 Å². The van der Waals surface area contributed by atoms with E-state index < -0.39 is 5.97 Å². The summed E-state index contributed by atoms with van der Waals surface area (Å²) in [4.78, 5) is 25.1. The van der Waals surface area contributed by atoms with E-state index in [4.69, 9.17) is 16.3 Å². The molecule has 0 saturated carbocycles. The molecule has 1 amide bonds. The second kappa shape index (κ2) is 7.68. The van der Waals surface area contributed by atoms with Crippen molar-refractivity contribution in [3.8, 4) is 5.75 Å². The molecule has 0 aliphatic carbocycles. The normalized spacial score (nSPS) is 10.1. The van der Waals surface area contributed by atoms with Gasteiger partial charge in [-0.05, 0) is 41.6 Å². The number of carbonyl (C=O) groups excluding carboxylic acids is 2. The quantitative estimate of drug-likeness (QED) is 0.552. The summed E-state index contributed by atoms with van der Waals surface area (Å²) in [7, 11) is 2.76. The van der Waals surface area contributed by atoms with E-state index in [0.29, 0.717) is 22.9 Å². The molecule has 1 aromatic rings. The van der Waals surface area contributed by atoms with Crippen molar-refractivity contribution in [2.45, 2.75) is 6.92 Å². The van der Waals surface area contributed by atoms with Gasteiger partial charge in [-0.25, -0.2) is 0 Å². The molecule has 0 spiro atoms. The first-order valence-corrected chi connectivity index (χ1v) is 7.29. The lowest BCUT2D eigenvalue weighted by Gasteiger charge is -2.21. The predicted molar refractivity (Wildman–Crippen MR) is 84.3 cm³/mol. The number of ether oxygens (including phenoxy) is 2. The van der Waals surface area contributed by atoms with Crippen molar-refractivity contribution in [2.75, 3.05) is 27.3 Å². The number of carbonyl (C=O) groups is 2. The van der Waals surface area contributed by atoms with Crippen LogP contribution in [0.5, 0.6) is 5.75 Å². The standard InChI is InChI=1S/C13H15ClINO4/c1-4-16(7-12(17)20-3)13(18)8-5-9(14)10(15)6-11(8)19-2/h5-6H,4,7H2,1-3H3. The van der Waals surface area contributed by atoms with Gasteiger partial charge in [0.2, 0.25) is 0 Å². The number of likely N-dealkylation sites (N-methyl/N-ethyl adjacent to an activating group) is 1. The smallest absolute Gasteiger partial charge is 0.325 e. The van der Waals surface area contributed by atoms with Gasteiger partial charge in [-0.2, -0.15) is 0 Å². The lowest BCUT2D eigenvalue weighted by Crippen LogP contribution is -2.36. The van der Waals surface area contributed by atoms with Crippen LogP contribution < -0.4 is 4.74 Å². The summed E-state index contributed by atoms with van der Waals surface area (Å²) in [6.45, 7) is 2.04. The van der Waals surface area contributed by atoms with Crippen molar-refractivity contribution in [3.05, 3.63) is 26.3 Å². The van der Waals surface area contributed by atoms with Gasteiger partial charge in [-0.15, -0.1) is 0 Å². The predicted octanol–water partition coefficient (Wildman–Crippen LogP) is 2.59. The molecule has 0 unspecified atom stereocenters. The molecule has 0 radical (unpaired) electrons. The van der Waals surface area contributed by atoms with Gasteiger partial charge in [0, 0.05) is 10.1 Å². The summed E-state index contributed by atoms with van der Waals surface area (Å²) in [5.41, 5.74) is 0.323. The first kappa shape index (κ1) is 17.0. The minimum atomic E-state index is -0.476. The molecular formula is C13H15ClINO4. The fraction of sp³-hybridized carbons (Fsp3) is 0.385. The molecule has 0 saturated heterocycles. The molecule has 0 heterocycles. The molecule has 0 N–H and O–H groups in total. The third kappa shape index (κ3) is 3.99. The molecular weight excluding hydrogens is 397 g/mol. The average Bonchev–Trinajstić information content (AvgIpc) is 2.45. The van der Waals surface area contributed by atoms with Crippen LogP contribution in [-0.4, -0.2) is 44.1 Å². The van der Waals surface area contributed by atoms with E-state index in [0.717, 1.165) is 3.57 Å². The Bertz CT molecular complexity index is 521. The zero-order valence-electron chi connectivity index (χ0n) is 11.4. The monoisotopic (exact) mass is 411 g/mol. The highest BCUT2D eigenvalue weighted by Crippen LogP contribution is 2.29. The number of halogens is 2. The van der Waals surface area contributed by atoms with Gasteiger partial charge in [0.1, 0.15) is 12.3 Å². The maximum atomic E-state index is 12.4. The molecule has 0 atom stereocenters. The first-order chi connectivity index (χ1) is 9.44. The molecule has 5 nitrogen and oxygen atoms in total. The number of esters is 1. The Morgan fingerprint density at radius 2 is 2.00 bits per heavy atom. The summed E-state index contributed by atoms with van der Waals surface area (Å²) in [6.07, 6.45) is 0. The minimum Gasteiger partial charge on any atom is -0.496 e. The molecule has 1 aromatic carbocycles. The first-order valence-electron chi connectivity index (χ1n) is 5.83. The zero-order valence-corrected chi connectivity index (χ0v) is 14.3. The molecule has 0 aromatic heterocycles. The topological polar surface area (TPSA) is 55.8 Å². The summed E-state index contributed by atoms with van der Waals surface area (Å²) >= 11 is 8.10. The third-order valence-corrected chi connectivity index (χ3v) is 4.21. The van der Waals surface area contributed by atoms with Crippen molar-refractivity contribution in [1.82, 2.24) is 4.90 Å². The second-order valence-electron chi connectivity index (χ2n) is 3.86. The van der Waals surface area contributed by atoms with E-state index in [9.17, 15) is 9.59 Å². The number of amides is 1. The fourth-order valence-corrected chi connectivity index (χ4v) is 2.18. The van der Waals surface area contributed by atoms with Gasteiger partial charge in [0.05, 0.1) is 24.8 Å². The molecule has 110 valence electrons. The molecule has 1 rings (SSSR count). The van der Waals surface area contributed by atoms with Crippen LogP contribution in [0, 0.1) is 3.57 Å². The summed E-state index contributed by atoms with van der Waals surface area (Å²) in [5, 5.41) is 0.462. The van der Waals surface area contributed by atoms with Crippen LogP contribution in [-0.2, 0) is 9.53 Å². The van der Waals surface area contributed by atoms with Crippen LogP contribution in [0.15, 0.2) is 12.1 Å². The zero-order chi connectivity index (χ0) is 15.3. The SMILES string of the molecule is CCN(CC(=O)OC)C(=O)c1cc(Cl)c(I)cc1OC. The van der Waals surface area contributed by atoms with Gasteiger partial charge < -0.3 is 14.4 Å². The number of benzene rings is 1. The Labute approximate surface area is 136 Å². The highest BCUT2D eigenvalue weighted by Gasteiger charge is 2.22. The van der Waals surface area contributed by atoms with Gasteiger partial charge in [-0.1, -0.05) is 11.6 Å². The van der Waals surface area contributed by atoms with Crippen LogP contribution >= 0.6 is 34.2 Å². The highest BCUT2D eigenvalue weighted by atomic mass is 127. The number of methoxy groups -OCH3 is 2. The second-order valence-corrected chi connectivity index (χ2v) is 5.43. The highest BCUT2D eigenvalue weighted by molar-refractivity contribution is 14.1. The molecule has 0 bridgehead atoms. The van der Waals surface area contributed by atoms with E-state index in [1.807, 2.05) is 0 Å². The van der Waals surface area contributed by atoms with E-state index in [-0.39, 0.29) is 12.5 Å². The van der Waals surface area contributed by atoms with E-state index in [2.05, 4.69) is 27.3 Å². The van der Waals surface area contributed by atoms with Gasteiger partial charge in [0.15, 0.2) is 0 Å². The van der Waals surface area contributed by atoms with Crippen molar-refractivity contribution in [2.24, 2.45) is 0 Å². The largest absolute Gasteiger partial charge is 0.496 e. The van der Waals surface area contributed by atoms with E-state index >= 15 is 0 Å². The molecule has 0 fully saturated rings. The van der Waals surface area contributed by atoms with E-state index in [1.165, 1.54) is 19.1 Å². The van der Waals surface area contributed by atoms with Crippen molar-refractivity contribution in [3.63, 3.8) is 0 Å². The summed E-state index contributed by atoms with van der Waals surface area (Å²) < 4.78 is 10.6. The Kier molecular flexibility index (Phi) is 6.54. The maximum absolute atomic E-state index is 12.4. The Hall–Kier alpha value is -1.02. The van der Waals surface area contributed by atoms with Crippen LogP contribution in [0.1, 0.15) is 17.3 Å². The molecule has 20 heavy (non-hydrogen) atoms. The van der Waals surface area contributed by atoms with Gasteiger partial charge >= 0.3 is 5.97 Å². The van der Waals surface area contributed by atoms with E-state index in [1.54, 1.807) is 19.1 Å². The van der Waals surface area contributed by atoms with Gasteiger partial charge in [0.25, 0.3) is 5.91 Å². The summed E-state index contributed by atoms with van der Waals surface area (Å²) in [5.74, 6) is -0.379. The average molecular weight is 412 g/mol. The lowest BCUT2D eigenvalue weighted by molar-refractivity contribution is -0.141. The van der Waals surface area contributed by atoms with Crippen molar-refractivity contribution >= 4 is 46.1 Å². The number of hydrogen-bond donors (Lipinski definition) is 0. The number of rotatable bonds is 5. The summed E-state index contributed by atoms with van der Waals surface area (Å²) in [6, 6.07) is 3.23. The molecule has 7 heteroatoms. The Balaban J connectivity index is 3.11. The van der Waals surface area contributed by atoms with Crippen molar-refractivity contribution < 1.29 is 19.1 Å². The van der Waals surface area contributed by atoms with Gasteiger partial charge in [-0.3, -0.25) is 9.59 Å².